The summed E-state index contributed by atoms with van der Waals surface area (Å²) >= 11 is 0. The molecule has 33 heavy (non-hydrogen) atoms. The molecule has 0 aromatic carbocycles. The summed E-state index contributed by atoms with van der Waals surface area (Å²) < 4.78 is 5.46. The van der Waals surface area contributed by atoms with Crippen molar-refractivity contribution in [1.82, 2.24) is 15.0 Å². The van der Waals surface area contributed by atoms with Crippen LogP contribution in [0.2, 0.25) is 0 Å². The van der Waals surface area contributed by atoms with E-state index in [1.807, 2.05) is 4.90 Å². The average molecular weight is 469 g/mol. The first kappa shape index (κ1) is 26.5. The predicted octanol–water partition coefficient (Wildman–Crippen LogP) is 2.27. The molecule has 5 N–H and O–H groups in total. The van der Waals surface area contributed by atoms with Gasteiger partial charge in [0.2, 0.25) is 17.8 Å². The average Bonchev–Trinajstić information content (AvgIpc) is 2.78. The molecule has 12 heteroatoms. The van der Waals surface area contributed by atoms with Gasteiger partial charge in [-0.3, -0.25) is 9.59 Å². The summed E-state index contributed by atoms with van der Waals surface area (Å²) in [5, 5.41) is 33.1. The van der Waals surface area contributed by atoms with Crippen LogP contribution in [0, 0.1) is 0 Å². The summed E-state index contributed by atoms with van der Waals surface area (Å²) in [7, 11) is 0. The first-order valence-electron chi connectivity index (χ1n) is 11.7. The lowest BCUT2D eigenvalue weighted by atomic mass is 10.1. The Hall–Kier alpha value is -2.73. The van der Waals surface area contributed by atoms with Crippen molar-refractivity contribution in [2.45, 2.75) is 76.9 Å². The van der Waals surface area contributed by atoms with Gasteiger partial charge < -0.3 is 35.6 Å². The van der Waals surface area contributed by atoms with Crippen molar-refractivity contribution in [3.05, 3.63) is 0 Å². The highest BCUT2D eigenvalue weighted by Gasteiger charge is 2.26. The second-order valence-corrected chi connectivity index (χ2v) is 7.98. The van der Waals surface area contributed by atoms with Crippen LogP contribution in [-0.2, 0) is 14.3 Å². The van der Waals surface area contributed by atoms with Crippen LogP contribution in [0.4, 0.5) is 17.8 Å². The molecule has 1 aromatic heterocycles. The number of carbonyl (C=O) groups is 2. The fourth-order valence-electron chi connectivity index (χ4n) is 3.60. The zero-order valence-electron chi connectivity index (χ0n) is 19.0. The third-order valence-corrected chi connectivity index (χ3v) is 5.30. The number of aliphatic carboxylic acids is 2. The van der Waals surface area contributed by atoms with Crippen LogP contribution >= 0.6 is 0 Å². The summed E-state index contributed by atoms with van der Waals surface area (Å²) in [5.74, 6) is -0.278. The summed E-state index contributed by atoms with van der Waals surface area (Å²) in [6, 6.07) is 0. The summed E-state index contributed by atoms with van der Waals surface area (Å²) in [6.45, 7) is 1.54. The van der Waals surface area contributed by atoms with Gasteiger partial charge in [0, 0.05) is 32.5 Å². The number of hydrogen-bond acceptors (Lipinski definition) is 10. The monoisotopic (exact) mass is 468 g/mol. The topological polar surface area (TPSA) is 170 Å². The molecular weight excluding hydrogens is 432 g/mol. The van der Waals surface area contributed by atoms with Crippen molar-refractivity contribution in [1.29, 1.82) is 0 Å². The molecule has 1 aromatic rings. The van der Waals surface area contributed by atoms with Crippen LogP contribution in [0.1, 0.15) is 70.6 Å². The van der Waals surface area contributed by atoms with Crippen molar-refractivity contribution in [3.8, 4) is 0 Å². The fourth-order valence-corrected chi connectivity index (χ4v) is 3.60. The molecule has 2 heterocycles. The Bertz CT molecular complexity index is 691. The fraction of sp³-hybridized carbons (Fsp3) is 0.762. The molecule has 2 rings (SSSR count). The standard InChI is InChI=1S/C21H36N6O6/c28-15-33-16-9-5-8-14-27(16)21-25-19(22-12-6-1-3-10-17(29)30)24-20(26-21)23-13-7-2-4-11-18(31)32/h16,28H,1-15H2,(H,29,30)(H,31,32)(H2,22,23,24,25,26). The number of anilines is 3. The maximum Gasteiger partial charge on any atom is 0.303 e. The van der Waals surface area contributed by atoms with Gasteiger partial charge in [0.1, 0.15) is 13.0 Å². The molecule has 0 amide bonds. The highest BCUT2D eigenvalue weighted by atomic mass is 16.6. The van der Waals surface area contributed by atoms with E-state index in [4.69, 9.17) is 14.9 Å². The smallest absolute Gasteiger partial charge is 0.303 e. The number of aliphatic hydroxyl groups excluding tert-OH is 1. The van der Waals surface area contributed by atoms with E-state index in [1.54, 1.807) is 0 Å². The van der Waals surface area contributed by atoms with Crippen LogP contribution in [0.25, 0.3) is 0 Å². The Morgan fingerprint density at radius 2 is 1.45 bits per heavy atom. The number of carboxylic acid groups (broad SMARTS) is 2. The van der Waals surface area contributed by atoms with Crippen molar-refractivity contribution >= 4 is 29.8 Å². The van der Waals surface area contributed by atoms with Crippen LogP contribution in [0.3, 0.4) is 0 Å². The minimum absolute atomic E-state index is 0.164. The molecule has 1 aliphatic rings. The minimum Gasteiger partial charge on any atom is -0.481 e. The maximum absolute atomic E-state index is 10.6. The number of rotatable bonds is 17. The Labute approximate surface area is 193 Å². The van der Waals surface area contributed by atoms with Gasteiger partial charge in [-0.05, 0) is 44.9 Å². The number of ether oxygens (including phenoxy) is 1. The lowest BCUT2D eigenvalue weighted by Crippen LogP contribution is -2.42. The van der Waals surface area contributed by atoms with Crippen molar-refractivity contribution < 1.29 is 29.6 Å². The van der Waals surface area contributed by atoms with E-state index < -0.39 is 11.9 Å². The van der Waals surface area contributed by atoms with E-state index in [2.05, 4.69) is 25.6 Å². The SMILES string of the molecule is O=C(O)CCCCCNc1nc(NCCCCCC(=O)O)nc(N2CCCCC2OCO)n1. The molecule has 12 nitrogen and oxygen atoms in total. The van der Waals surface area contributed by atoms with Crippen LogP contribution in [0.15, 0.2) is 0 Å². The Balaban J connectivity index is 1.98. The first-order chi connectivity index (χ1) is 16.0. The number of carboxylic acids is 2. The van der Waals surface area contributed by atoms with E-state index >= 15 is 0 Å². The normalized spacial score (nSPS) is 15.9. The number of nitrogens with one attached hydrogen (secondary N) is 2. The van der Waals surface area contributed by atoms with Crippen LogP contribution < -0.4 is 15.5 Å². The van der Waals surface area contributed by atoms with Gasteiger partial charge in [0.05, 0.1) is 0 Å². The minimum atomic E-state index is -0.787. The molecule has 0 aliphatic carbocycles. The van der Waals surface area contributed by atoms with E-state index in [0.29, 0.717) is 50.3 Å². The first-order valence-corrected chi connectivity index (χ1v) is 11.7. The van der Waals surface area contributed by atoms with E-state index in [0.717, 1.165) is 44.9 Å². The Morgan fingerprint density at radius 1 is 0.879 bits per heavy atom. The van der Waals surface area contributed by atoms with Gasteiger partial charge in [-0.15, -0.1) is 0 Å². The summed E-state index contributed by atoms with van der Waals surface area (Å²) in [5.41, 5.74) is 0. The largest absolute Gasteiger partial charge is 0.481 e. The van der Waals surface area contributed by atoms with Crippen LogP contribution in [0.5, 0.6) is 0 Å². The van der Waals surface area contributed by atoms with Crippen LogP contribution in [-0.4, -0.2) is 74.9 Å². The van der Waals surface area contributed by atoms with Gasteiger partial charge in [0.15, 0.2) is 0 Å². The van der Waals surface area contributed by atoms with Crippen molar-refractivity contribution in [3.63, 3.8) is 0 Å². The van der Waals surface area contributed by atoms with Gasteiger partial charge in [-0.2, -0.15) is 15.0 Å². The predicted molar refractivity (Wildman–Crippen MR) is 122 cm³/mol. The van der Waals surface area contributed by atoms with Gasteiger partial charge in [0.25, 0.3) is 0 Å². The van der Waals surface area contributed by atoms with E-state index in [9.17, 15) is 14.7 Å². The van der Waals surface area contributed by atoms with Crippen molar-refractivity contribution in [2.75, 3.05) is 42.0 Å². The number of aromatic nitrogens is 3. The Morgan fingerprint density at radius 3 is 1.97 bits per heavy atom. The lowest BCUT2D eigenvalue weighted by Gasteiger charge is -2.35. The highest BCUT2D eigenvalue weighted by molar-refractivity contribution is 5.66. The van der Waals surface area contributed by atoms with Crippen molar-refractivity contribution in [2.24, 2.45) is 0 Å². The molecular formula is C21H36N6O6. The quantitative estimate of drug-likeness (QED) is 0.167. The molecule has 1 atom stereocenters. The summed E-state index contributed by atoms with van der Waals surface area (Å²) in [6.07, 6.45) is 7.17. The van der Waals surface area contributed by atoms with Gasteiger partial charge >= 0.3 is 11.9 Å². The molecule has 1 saturated heterocycles. The molecule has 0 bridgehead atoms. The third kappa shape index (κ3) is 10.6. The number of hydrogen-bond donors (Lipinski definition) is 5. The molecule has 0 radical (unpaired) electrons. The van der Waals surface area contributed by atoms with Gasteiger partial charge in [-0.25, -0.2) is 0 Å². The highest BCUT2D eigenvalue weighted by Crippen LogP contribution is 2.24. The molecule has 1 aliphatic heterocycles. The zero-order valence-corrected chi connectivity index (χ0v) is 19.0. The number of nitrogens with zero attached hydrogens (tertiary/aromatic N) is 4. The molecule has 1 unspecified atom stereocenters. The number of unbranched alkanes of at least 4 members (excludes halogenated alkanes) is 4. The number of piperidine rings is 1. The summed E-state index contributed by atoms with van der Waals surface area (Å²) in [4.78, 5) is 36.7. The zero-order chi connectivity index (χ0) is 23.9. The lowest BCUT2D eigenvalue weighted by molar-refractivity contribution is -0.138. The van der Waals surface area contributed by atoms with E-state index in [1.165, 1.54) is 0 Å². The third-order valence-electron chi connectivity index (χ3n) is 5.30. The van der Waals surface area contributed by atoms with E-state index in [-0.39, 0.29) is 25.9 Å². The Kier molecular flexibility index (Phi) is 12.2. The molecule has 0 spiro atoms. The molecule has 0 saturated carbocycles. The second-order valence-electron chi connectivity index (χ2n) is 7.98. The maximum atomic E-state index is 10.6. The van der Waals surface area contributed by atoms with Gasteiger partial charge in [-0.1, -0.05) is 12.8 Å². The molecule has 186 valence electrons. The molecule has 1 fully saturated rings. The number of aliphatic hydroxyl groups is 1. The second kappa shape index (κ2) is 15.2.